The van der Waals surface area contributed by atoms with E-state index < -0.39 is 17.3 Å². The maximum atomic E-state index is 12.9. The van der Waals surface area contributed by atoms with Crippen molar-refractivity contribution >= 4 is 23.8 Å². The van der Waals surface area contributed by atoms with Crippen LogP contribution >= 0.6 is 0 Å². The second kappa shape index (κ2) is 12.0. The third kappa shape index (κ3) is 6.83. The summed E-state index contributed by atoms with van der Waals surface area (Å²) in [6.45, 7) is 3.50. The van der Waals surface area contributed by atoms with Gasteiger partial charge in [-0.15, -0.1) is 0 Å². The predicted octanol–water partition coefficient (Wildman–Crippen LogP) is 4.65. The second-order valence-electron chi connectivity index (χ2n) is 11.9. The first-order valence-electron chi connectivity index (χ1n) is 14.6. The van der Waals surface area contributed by atoms with Crippen molar-refractivity contribution in [2.75, 3.05) is 51.3 Å². The molecule has 4 fully saturated rings. The molecule has 3 aliphatic heterocycles. The Kier molecular flexibility index (Phi) is 8.56. The lowest BCUT2D eigenvalue weighted by molar-refractivity contribution is -0.137. The maximum Gasteiger partial charge on any atom is 0.416 e. The number of piperidine rings is 2. The number of carbonyl (C=O) groups excluding carboxylic acids is 3. The Balaban J connectivity index is 1.04. The molecule has 1 aromatic rings. The van der Waals surface area contributed by atoms with Crippen LogP contribution in [-0.4, -0.2) is 85.9 Å². The number of likely N-dealkylation sites (tertiary alicyclic amines) is 1. The van der Waals surface area contributed by atoms with Crippen LogP contribution in [0.3, 0.4) is 0 Å². The first kappa shape index (κ1) is 29.3. The SMILES string of the molecule is COC(=O)N1CCC(NC(=O)C2CCC(CN3CC4(CCN(c5ccc(C(F)(F)F)cc5)CC4)OC3=O)CC2)CC1. The normalized spacial score (nSPS) is 25.3. The van der Waals surface area contributed by atoms with Gasteiger partial charge in [0.15, 0.2) is 0 Å². The summed E-state index contributed by atoms with van der Waals surface area (Å²) in [6, 6.07) is 5.27. The molecule has 4 aliphatic rings. The van der Waals surface area contributed by atoms with E-state index in [0.29, 0.717) is 58.0 Å². The van der Waals surface area contributed by atoms with E-state index in [1.54, 1.807) is 9.80 Å². The Morgan fingerprint density at radius 3 is 2.22 bits per heavy atom. The molecule has 41 heavy (non-hydrogen) atoms. The average molecular weight is 581 g/mol. The van der Waals surface area contributed by atoms with Gasteiger partial charge in [0.1, 0.15) is 5.60 Å². The molecule has 12 heteroatoms. The van der Waals surface area contributed by atoms with Crippen molar-refractivity contribution in [3.8, 4) is 0 Å². The van der Waals surface area contributed by atoms with Crippen molar-refractivity contribution in [2.24, 2.45) is 11.8 Å². The number of carbonyl (C=O) groups is 3. The van der Waals surface area contributed by atoms with Crippen LogP contribution in [0.25, 0.3) is 0 Å². The quantitative estimate of drug-likeness (QED) is 0.546. The van der Waals surface area contributed by atoms with Gasteiger partial charge < -0.3 is 29.5 Å². The molecule has 0 aromatic heterocycles. The summed E-state index contributed by atoms with van der Waals surface area (Å²) in [7, 11) is 1.37. The van der Waals surface area contributed by atoms with Crippen molar-refractivity contribution in [1.82, 2.24) is 15.1 Å². The number of hydrogen-bond donors (Lipinski definition) is 1. The number of nitrogens with zero attached hydrogens (tertiary/aromatic N) is 3. The molecular weight excluding hydrogens is 541 g/mol. The highest BCUT2D eigenvalue weighted by molar-refractivity contribution is 5.79. The topological polar surface area (TPSA) is 91.4 Å². The highest BCUT2D eigenvalue weighted by Crippen LogP contribution is 2.38. The standard InChI is InChI=1S/C29H39F3N4O5/c1-40-26(38)35-14-10-23(11-15-35)33-25(37)21-4-2-20(3-5-21)18-36-19-28(41-27(36)39)12-16-34(17-13-28)24-8-6-22(7-9-24)29(30,31)32/h6-9,20-21,23H,2-5,10-19H2,1H3,(H,33,37). The fraction of sp³-hybridized carbons (Fsp3) is 0.690. The molecule has 3 saturated heterocycles. The zero-order chi connectivity index (χ0) is 29.2. The number of anilines is 1. The number of halogens is 3. The first-order valence-corrected chi connectivity index (χ1v) is 14.6. The van der Waals surface area contributed by atoms with E-state index in [-0.39, 0.29) is 30.1 Å². The van der Waals surface area contributed by atoms with E-state index in [9.17, 15) is 27.6 Å². The van der Waals surface area contributed by atoms with Crippen molar-refractivity contribution in [1.29, 1.82) is 0 Å². The number of ether oxygens (including phenoxy) is 2. The second-order valence-corrected chi connectivity index (χ2v) is 11.9. The summed E-state index contributed by atoms with van der Waals surface area (Å²) in [5.41, 5.74) is -0.482. The third-order valence-corrected chi connectivity index (χ3v) is 9.25. The third-order valence-electron chi connectivity index (χ3n) is 9.25. The lowest BCUT2D eigenvalue weighted by atomic mass is 9.81. The number of nitrogens with one attached hydrogen (secondary N) is 1. The molecule has 1 N–H and O–H groups in total. The van der Waals surface area contributed by atoms with Gasteiger partial charge in [0.25, 0.3) is 0 Å². The van der Waals surface area contributed by atoms with Crippen LogP contribution in [0.15, 0.2) is 24.3 Å². The minimum atomic E-state index is -4.36. The zero-order valence-corrected chi connectivity index (χ0v) is 23.5. The summed E-state index contributed by atoms with van der Waals surface area (Å²) >= 11 is 0. The minimum Gasteiger partial charge on any atom is -0.453 e. The molecule has 1 aliphatic carbocycles. The molecule has 3 amide bonds. The Morgan fingerprint density at radius 2 is 1.63 bits per heavy atom. The zero-order valence-electron chi connectivity index (χ0n) is 23.5. The summed E-state index contributed by atoms with van der Waals surface area (Å²) in [4.78, 5) is 42.8. The number of hydrogen-bond acceptors (Lipinski definition) is 6. The molecule has 1 saturated carbocycles. The fourth-order valence-electron chi connectivity index (χ4n) is 6.70. The van der Waals surface area contributed by atoms with Gasteiger partial charge in [0.2, 0.25) is 5.91 Å². The fourth-order valence-corrected chi connectivity index (χ4v) is 6.70. The van der Waals surface area contributed by atoms with Gasteiger partial charge in [-0.1, -0.05) is 0 Å². The van der Waals surface area contributed by atoms with Gasteiger partial charge in [0, 0.05) is 63.2 Å². The van der Waals surface area contributed by atoms with E-state index in [2.05, 4.69) is 5.32 Å². The number of methoxy groups -OCH3 is 1. The molecule has 0 radical (unpaired) electrons. The largest absolute Gasteiger partial charge is 0.453 e. The van der Waals surface area contributed by atoms with Gasteiger partial charge in [0.05, 0.1) is 19.2 Å². The van der Waals surface area contributed by atoms with Gasteiger partial charge in [-0.3, -0.25) is 4.79 Å². The predicted molar refractivity (Wildman–Crippen MR) is 144 cm³/mol. The van der Waals surface area contributed by atoms with Crippen molar-refractivity contribution in [3.05, 3.63) is 29.8 Å². The first-order chi connectivity index (χ1) is 19.5. The van der Waals surface area contributed by atoms with Gasteiger partial charge in [-0.2, -0.15) is 13.2 Å². The molecule has 0 bridgehead atoms. The monoisotopic (exact) mass is 580 g/mol. The average Bonchev–Trinajstić information content (AvgIpc) is 3.26. The van der Waals surface area contributed by atoms with Crippen LogP contribution < -0.4 is 10.2 Å². The van der Waals surface area contributed by atoms with E-state index in [0.717, 1.165) is 56.3 Å². The van der Waals surface area contributed by atoms with Crippen LogP contribution in [0.5, 0.6) is 0 Å². The molecule has 5 rings (SSSR count). The maximum absolute atomic E-state index is 12.9. The summed E-state index contributed by atoms with van der Waals surface area (Å²) in [5, 5.41) is 3.17. The molecule has 1 aromatic carbocycles. The highest BCUT2D eigenvalue weighted by atomic mass is 19.4. The highest BCUT2D eigenvalue weighted by Gasteiger charge is 2.47. The van der Waals surface area contributed by atoms with Crippen molar-refractivity contribution < 1.29 is 37.0 Å². The number of rotatable bonds is 5. The summed E-state index contributed by atoms with van der Waals surface area (Å²) in [5.74, 6) is 0.368. The molecule has 3 heterocycles. The lowest BCUT2D eigenvalue weighted by Crippen LogP contribution is -2.48. The molecular formula is C29H39F3N4O5. The Morgan fingerprint density at radius 1 is 1.00 bits per heavy atom. The minimum absolute atomic E-state index is 0.0312. The Hall–Kier alpha value is -3.18. The molecule has 1 spiro atoms. The molecule has 9 nitrogen and oxygen atoms in total. The number of benzene rings is 1. The van der Waals surface area contributed by atoms with E-state index in [4.69, 9.17) is 9.47 Å². The van der Waals surface area contributed by atoms with E-state index >= 15 is 0 Å². The van der Waals surface area contributed by atoms with Crippen LogP contribution in [0.2, 0.25) is 0 Å². The molecule has 0 unspecified atom stereocenters. The van der Waals surface area contributed by atoms with E-state index in [1.165, 1.54) is 19.2 Å². The molecule has 0 atom stereocenters. The van der Waals surface area contributed by atoms with Crippen LogP contribution in [-0.2, 0) is 20.4 Å². The molecule has 226 valence electrons. The smallest absolute Gasteiger partial charge is 0.416 e. The van der Waals surface area contributed by atoms with Crippen molar-refractivity contribution in [3.63, 3.8) is 0 Å². The van der Waals surface area contributed by atoms with Gasteiger partial charge in [-0.25, -0.2) is 9.59 Å². The van der Waals surface area contributed by atoms with Gasteiger partial charge >= 0.3 is 18.4 Å². The van der Waals surface area contributed by atoms with Crippen LogP contribution in [0, 0.1) is 11.8 Å². The Bertz CT molecular complexity index is 1090. The Labute approximate surface area is 238 Å². The van der Waals surface area contributed by atoms with Crippen LogP contribution in [0.1, 0.15) is 56.9 Å². The lowest BCUT2D eigenvalue weighted by Gasteiger charge is -2.38. The van der Waals surface area contributed by atoms with Gasteiger partial charge in [-0.05, 0) is 68.7 Å². The number of alkyl halides is 3. The number of amides is 3. The van der Waals surface area contributed by atoms with Crippen molar-refractivity contribution in [2.45, 2.75) is 69.2 Å². The van der Waals surface area contributed by atoms with Crippen LogP contribution in [0.4, 0.5) is 28.4 Å². The summed E-state index contributed by atoms with van der Waals surface area (Å²) in [6.07, 6.45) is 1.02. The van der Waals surface area contributed by atoms with E-state index in [1.807, 2.05) is 4.90 Å². The summed E-state index contributed by atoms with van der Waals surface area (Å²) < 4.78 is 49.3.